The molecule has 1 aromatic rings. The van der Waals surface area contributed by atoms with Gasteiger partial charge in [0.1, 0.15) is 0 Å². The fourth-order valence-electron chi connectivity index (χ4n) is 3.74. The molecule has 1 aliphatic heterocycles. The topological polar surface area (TPSA) is 12.0 Å². The molecule has 19 heavy (non-hydrogen) atoms. The molecular weight excluding hydrogens is 250 g/mol. The zero-order valence-electron chi connectivity index (χ0n) is 11.9. The van der Waals surface area contributed by atoms with Crippen LogP contribution >= 0.6 is 11.8 Å². The lowest BCUT2D eigenvalue weighted by molar-refractivity contribution is 0.275. The number of nitrogens with one attached hydrogen (secondary N) is 1. The number of thioether (sulfide) groups is 1. The van der Waals surface area contributed by atoms with Crippen molar-refractivity contribution in [2.24, 2.45) is 5.92 Å². The van der Waals surface area contributed by atoms with E-state index in [0.29, 0.717) is 0 Å². The van der Waals surface area contributed by atoms with Gasteiger partial charge in [-0.2, -0.15) is 0 Å². The van der Waals surface area contributed by atoms with E-state index in [0.717, 1.165) is 23.8 Å². The van der Waals surface area contributed by atoms with Crippen LogP contribution in [0.2, 0.25) is 0 Å². The van der Waals surface area contributed by atoms with Gasteiger partial charge < -0.3 is 5.32 Å². The van der Waals surface area contributed by atoms with E-state index in [1.54, 1.807) is 5.56 Å². The molecule has 1 heterocycles. The van der Waals surface area contributed by atoms with Crippen LogP contribution in [0.5, 0.6) is 0 Å². The van der Waals surface area contributed by atoms with E-state index < -0.39 is 0 Å². The molecule has 3 rings (SSSR count). The number of hydrogen-bond donors (Lipinski definition) is 1. The van der Waals surface area contributed by atoms with E-state index in [2.05, 4.69) is 48.3 Å². The molecule has 1 aliphatic carbocycles. The van der Waals surface area contributed by atoms with Gasteiger partial charge in [-0.15, -0.1) is 11.8 Å². The zero-order chi connectivity index (χ0) is 13.1. The lowest BCUT2D eigenvalue weighted by Gasteiger charge is -2.31. The second-order valence-electron chi connectivity index (χ2n) is 6.07. The second kappa shape index (κ2) is 6.32. The Morgan fingerprint density at radius 3 is 3.00 bits per heavy atom. The van der Waals surface area contributed by atoms with E-state index in [-0.39, 0.29) is 0 Å². The minimum atomic E-state index is 0.789. The summed E-state index contributed by atoms with van der Waals surface area (Å²) in [4.78, 5) is 1.53. The summed E-state index contributed by atoms with van der Waals surface area (Å²) < 4.78 is 0. The molecule has 1 aromatic carbocycles. The lowest BCUT2D eigenvalue weighted by atomic mass is 9.82. The van der Waals surface area contributed by atoms with Crippen molar-refractivity contribution in [1.29, 1.82) is 0 Å². The Labute approximate surface area is 121 Å². The summed E-state index contributed by atoms with van der Waals surface area (Å²) in [6.07, 6.45) is 8.38. The quantitative estimate of drug-likeness (QED) is 0.881. The molecule has 3 atom stereocenters. The van der Waals surface area contributed by atoms with Gasteiger partial charge in [0.15, 0.2) is 0 Å². The SMILES string of the molecule is CCNC1CCCC(CC2Cc3ccccc3S2)C1. The van der Waals surface area contributed by atoms with Crippen molar-refractivity contribution in [2.45, 2.75) is 61.6 Å². The van der Waals surface area contributed by atoms with E-state index in [1.807, 2.05) is 0 Å². The molecular formula is C17H25NS. The van der Waals surface area contributed by atoms with Crippen LogP contribution in [0.25, 0.3) is 0 Å². The van der Waals surface area contributed by atoms with Crippen molar-refractivity contribution in [2.75, 3.05) is 6.54 Å². The molecule has 0 bridgehead atoms. The smallest absolute Gasteiger partial charge is 0.0138 e. The Balaban J connectivity index is 1.53. The normalized spacial score (nSPS) is 30.3. The van der Waals surface area contributed by atoms with Gasteiger partial charge in [-0.1, -0.05) is 38.0 Å². The summed E-state index contributed by atoms with van der Waals surface area (Å²) in [7, 11) is 0. The van der Waals surface area contributed by atoms with Gasteiger partial charge in [0.25, 0.3) is 0 Å². The maximum atomic E-state index is 3.65. The van der Waals surface area contributed by atoms with Crippen LogP contribution in [0.4, 0.5) is 0 Å². The van der Waals surface area contributed by atoms with E-state index in [1.165, 1.54) is 43.4 Å². The standard InChI is InChI=1S/C17H25NS/c1-2-18-15-8-5-6-13(10-15)11-16-12-14-7-3-4-9-17(14)19-16/h3-4,7,9,13,15-16,18H,2,5-6,8,10-12H2,1H3. The monoisotopic (exact) mass is 275 g/mol. The van der Waals surface area contributed by atoms with Crippen LogP contribution in [-0.2, 0) is 6.42 Å². The highest BCUT2D eigenvalue weighted by molar-refractivity contribution is 8.00. The van der Waals surface area contributed by atoms with E-state index in [4.69, 9.17) is 0 Å². The number of rotatable bonds is 4. The molecule has 1 saturated carbocycles. The third-order valence-electron chi connectivity index (χ3n) is 4.59. The third-order valence-corrected chi connectivity index (χ3v) is 5.93. The van der Waals surface area contributed by atoms with Gasteiger partial charge in [0.2, 0.25) is 0 Å². The van der Waals surface area contributed by atoms with Crippen LogP contribution < -0.4 is 5.32 Å². The summed E-state index contributed by atoms with van der Waals surface area (Å²) in [5.74, 6) is 0.949. The van der Waals surface area contributed by atoms with Crippen molar-refractivity contribution in [3.8, 4) is 0 Å². The predicted octanol–water partition coefficient (Wildman–Crippen LogP) is 4.26. The molecule has 3 unspecified atom stereocenters. The van der Waals surface area contributed by atoms with Crippen molar-refractivity contribution in [1.82, 2.24) is 5.32 Å². The Kier molecular flexibility index (Phi) is 4.49. The second-order valence-corrected chi connectivity index (χ2v) is 7.42. The van der Waals surface area contributed by atoms with Crippen molar-refractivity contribution < 1.29 is 0 Å². The Hall–Kier alpha value is -0.470. The molecule has 0 radical (unpaired) electrons. The van der Waals surface area contributed by atoms with Crippen molar-refractivity contribution >= 4 is 11.8 Å². The first-order valence-corrected chi connectivity index (χ1v) is 8.71. The molecule has 104 valence electrons. The van der Waals surface area contributed by atoms with E-state index >= 15 is 0 Å². The van der Waals surface area contributed by atoms with Gasteiger partial charge in [0, 0.05) is 16.2 Å². The first-order valence-electron chi connectivity index (χ1n) is 7.83. The number of fused-ring (bicyclic) bond motifs is 1. The summed E-state index contributed by atoms with van der Waals surface area (Å²) in [5, 5.41) is 4.49. The third kappa shape index (κ3) is 3.35. The minimum Gasteiger partial charge on any atom is -0.314 e. The summed E-state index contributed by atoms with van der Waals surface area (Å²) >= 11 is 2.12. The fourth-order valence-corrected chi connectivity index (χ4v) is 5.19. The van der Waals surface area contributed by atoms with Gasteiger partial charge in [-0.3, -0.25) is 0 Å². The highest BCUT2D eigenvalue weighted by atomic mass is 32.2. The lowest BCUT2D eigenvalue weighted by Crippen LogP contribution is -2.34. The molecule has 0 amide bonds. The summed E-state index contributed by atoms with van der Waals surface area (Å²) in [5.41, 5.74) is 1.58. The van der Waals surface area contributed by atoms with Gasteiger partial charge in [-0.25, -0.2) is 0 Å². The van der Waals surface area contributed by atoms with Crippen molar-refractivity contribution in [3.63, 3.8) is 0 Å². The highest BCUT2D eigenvalue weighted by Crippen LogP contribution is 2.41. The summed E-state index contributed by atoms with van der Waals surface area (Å²) in [6.45, 7) is 3.36. The average Bonchev–Trinajstić information content (AvgIpc) is 2.81. The molecule has 1 nitrogen and oxygen atoms in total. The minimum absolute atomic E-state index is 0.789. The molecule has 0 aromatic heterocycles. The zero-order valence-corrected chi connectivity index (χ0v) is 12.7. The van der Waals surface area contributed by atoms with Gasteiger partial charge >= 0.3 is 0 Å². The molecule has 0 saturated heterocycles. The largest absolute Gasteiger partial charge is 0.314 e. The van der Waals surface area contributed by atoms with Crippen LogP contribution in [0.15, 0.2) is 29.2 Å². The van der Waals surface area contributed by atoms with Crippen LogP contribution in [-0.4, -0.2) is 17.8 Å². The average molecular weight is 275 g/mol. The van der Waals surface area contributed by atoms with Crippen LogP contribution in [0.1, 0.15) is 44.6 Å². The molecule has 2 aliphatic rings. The summed E-state index contributed by atoms with van der Waals surface area (Å²) in [6, 6.07) is 9.75. The molecule has 1 fully saturated rings. The highest BCUT2D eigenvalue weighted by Gasteiger charge is 2.28. The fraction of sp³-hybridized carbons (Fsp3) is 0.647. The first-order chi connectivity index (χ1) is 9.35. The molecule has 0 spiro atoms. The predicted molar refractivity (Wildman–Crippen MR) is 83.8 cm³/mol. The first kappa shape index (κ1) is 13.5. The molecule has 1 N–H and O–H groups in total. The van der Waals surface area contributed by atoms with Gasteiger partial charge in [-0.05, 0) is 49.8 Å². The van der Waals surface area contributed by atoms with Gasteiger partial charge in [0.05, 0.1) is 0 Å². The molecule has 2 heteroatoms. The van der Waals surface area contributed by atoms with Crippen LogP contribution in [0.3, 0.4) is 0 Å². The Bertz CT molecular complexity index is 390. The number of hydrogen-bond acceptors (Lipinski definition) is 2. The maximum Gasteiger partial charge on any atom is 0.0138 e. The number of benzene rings is 1. The Morgan fingerprint density at radius 2 is 2.16 bits per heavy atom. The Morgan fingerprint density at radius 1 is 1.26 bits per heavy atom. The van der Waals surface area contributed by atoms with Crippen molar-refractivity contribution in [3.05, 3.63) is 29.8 Å². The maximum absolute atomic E-state index is 3.65. The van der Waals surface area contributed by atoms with E-state index in [9.17, 15) is 0 Å². The van der Waals surface area contributed by atoms with Crippen LogP contribution in [0, 0.1) is 5.92 Å².